The molecule has 4 aromatic carbocycles. The van der Waals surface area contributed by atoms with Gasteiger partial charge in [-0.1, -0.05) is 48.9 Å². The monoisotopic (exact) mass is 483 g/mol. The van der Waals surface area contributed by atoms with Crippen molar-refractivity contribution >= 4 is 21.5 Å². The largest absolute Gasteiger partial charge is 3.00 e. The summed E-state index contributed by atoms with van der Waals surface area (Å²) in [6, 6.07) is 19.6. The molecular weight excluding hydrogens is 471 g/mol. The first-order valence-corrected chi connectivity index (χ1v) is 7.70. The molecule has 27 heavy (non-hydrogen) atoms. The van der Waals surface area contributed by atoms with Crippen molar-refractivity contribution in [2.75, 3.05) is 0 Å². The summed E-state index contributed by atoms with van der Waals surface area (Å²) < 4.78 is 39.9. The van der Waals surface area contributed by atoms with E-state index >= 15 is 0 Å². The van der Waals surface area contributed by atoms with Gasteiger partial charge in [0, 0.05) is 0 Å². The minimum atomic E-state index is -4.36. The summed E-state index contributed by atoms with van der Waals surface area (Å²) in [4.78, 5) is 0. The maximum Gasteiger partial charge on any atom is 3.00 e. The standard InChI is InChI=1S/C21H14F3.2ClH.Zr/c1-13-11-14-5-4-8-16(19(14)12-13)17-9-10-20(21(22,23)24)18-7-3-2-6-15(17)18;;;/h2-12H,1H3;2*1H;/q-1;;;+3/p-2. The van der Waals surface area contributed by atoms with Crippen LogP contribution in [0.15, 0.2) is 66.7 Å². The van der Waals surface area contributed by atoms with E-state index in [1.165, 1.54) is 12.1 Å². The van der Waals surface area contributed by atoms with E-state index in [0.717, 1.165) is 27.5 Å². The minimum Gasteiger partial charge on any atom is -1.00 e. The Hall–Kier alpha value is -1.22. The fourth-order valence-corrected chi connectivity index (χ4v) is 3.40. The predicted molar refractivity (Wildman–Crippen MR) is 92.2 cm³/mol. The van der Waals surface area contributed by atoms with Gasteiger partial charge in [-0.2, -0.15) is 19.2 Å². The van der Waals surface area contributed by atoms with Crippen LogP contribution in [0.1, 0.15) is 11.1 Å². The molecule has 0 bridgehead atoms. The average molecular weight is 485 g/mol. The maximum atomic E-state index is 13.3. The van der Waals surface area contributed by atoms with Crippen molar-refractivity contribution in [3.05, 3.63) is 77.9 Å². The van der Waals surface area contributed by atoms with E-state index in [0.29, 0.717) is 5.39 Å². The summed E-state index contributed by atoms with van der Waals surface area (Å²) in [5, 5.41) is 3.04. The van der Waals surface area contributed by atoms with Crippen molar-refractivity contribution in [1.82, 2.24) is 0 Å². The molecule has 0 N–H and O–H groups in total. The van der Waals surface area contributed by atoms with Gasteiger partial charge in [-0.25, -0.2) is 0 Å². The molecular formula is C21H14Cl2F3Zr. The Morgan fingerprint density at radius 1 is 0.741 bits per heavy atom. The second kappa shape index (κ2) is 8.86. The zero-order valence-corrected chi connectivity index (χ0v) is 18.2. The van der Waals surface area contributed by atoms with Gasteiger partial charge in [0.2, 0.25) is 0 Å². The molecule has 0 saturated carbocycles. The summed E-state index contributed by atoms with van der Waals surface area (Å²) in [7, 11) is 0. The number of halogens is 5. The van der Waals surface area contributed by atoms with E-state index in [1.54, 1.807) is 24.3 Å². The minimum absolute atomic E-state index is 0. The maximum absolute atomic E-state index is 13.3. The van der Waals surface area contributed by atoms with Crippen molar-refractivity contribution in [3.8, 4) is 11.1 Å². The van der Waals surface area contributed by atoms with Crippen LogP contribution in [-0.4, -0.2) is 0 Å². The second-order valence-electron chi connectivity index (χ2n) is 6.05. The van der Waals surface area contributed by atoms with E-state index in [9.17, 15) is 13.2 Å². The topological polar surface area (TPSA) is 0 Å². The predicted octanol–water partition coefficient (Wildman–Crippen LogP) is 0.712. The molecule has 137 valence electrons. The van der Waals surface area contributed by atoms with Crippen LogP contribution in [0.25, 0.3) is 32.7 Å². The molecule has 0 aromatic heterocycles. The molecule has 1 radical (unpaired) electrons. The van der Waals surface area contributed by atoms with Crippen LogP contribution in [0.5, 0.6) is 0 Å². The summed E-state index contributed by atoms with van der Waals surface area (Å²) in [6.07, 6.45) is -4.36. The van der Waals surface area contributed by atoms with Crippen molar-refractivity contribution in [2.45, 2.75) is 13.1 Å². The van der Waals surface area contributed by atoms with E-state index in [4.69, 9.17) is 0 Å². The van der Waals surface area contributed by atoms with Crippen molar-refractivity contribution in [3.63, 3.8) is 0 Å². The molecule has 0 saturated heterocycles. The molecule has 4 aromatic rings. The Bertz CT molecular complexity index is 1070. The number of benzene rings is 3. The van der Waals surface area contributed by atoms with Crippen LogP contribution in [0.4, 0.5) is 13.2 Å². The van der Waals surface area contributed by atoms with Gasteiger partial charge in [0.05, 0.1) is 5.56 Å². The summed E-state index contributed by atoms with van der Waals surface area (Å²) in [6.45, 7) is 2.02. The molecule has 6 heteroatoms. The fourth-order valence-electron chi connectivity index (χ4n) is 3.40. The van der Waals surface area contributed by atoms with Gasteiger partial charge in [0.1, 0.15) is 0 Å². The SMILES string of the molecule is Cc1cc2c(-c3ccc(C(F)(F)F)c4ccccc34)cccc2[cH-]1.[Cl-].[Cl-].[Zr+3]. The van der Waals surface area contributed by atoms with E-state index < -0.39 is 11.7 Å². The molecule has 0 amide bonds. The molecule has 0 nitrogen and oxygen atoms in total. The summed E-state index contributed by atoms with van der Waals surface area (Å²) in [5.41, 5.74) is 2.35. The molecule has 0 fully saturated rings. The zero-order valence-electron chi connectivity index (χ0n) is 14.2. The molecule has 0 aliphatic heterocycles. The van der Waals surface area contributed by atoms with Gasteiger partial charge in [-0.05, 0) is 22.4 Å². The smallest absolute Gasteiger partial charge is 1.00 e. The Balaban J connectivity index is 0.00000121. The molecule has 0 heterocycles. The molecule has 0 aliphatic carbocycles. The van der Waals surface area contributed by atoms with Gasteiger partial charge in [0.25, 0.3) is 0 Å². The Morgan fingerprint density at radius 2 is 1.37 bits per heavy atom. The van der Waals surface area contributed by atoms with Crippen LogP contribution in [0, 0.1) is 6.92 Å². The Morgan fingerprint density at radius 3 is 2.04 bits per heavy atom. The van der Waals surface area contributed by atoms with Crippen LogP contribution < -0.4 is 24.8 Å². The number of hydrogen-bond acceptors (Lipinski definition) is 0. The van der Waals surface area contributed by atoms with Crippen LogP contribution in [-0.2, 0) is 32.4 Å². The van der Waals surface area contributed by atoms with Crippen LogP contribution >= 0.6 is 0 Å². The zero-order chi connectivity index (χ0) is 16.9. The first-order chi connectivity index (χ1) is 11.4. The average Bonchev–Trinajstić information content (AvgIpc) is 2.93. The molecule has 0 spiro atoms. The van der Waals surface area contributed by atoms with E-state index in [2.05, 4.69) is 12.1 Å². The molecule has 4 rings (SSSR count). The number of fused-ring (bicyclic) bond motifs is 2. The third-order valence-corrected chi connectivity index (χ3v) is 4.41. The van der Waals surface area contributed by atoms with Gasteiger partial charge in [-0.15, -0.1) is 34.5 Å². The Labute approximate surface area is 187 Å². The third-order valence-electron chi connectivity index (χ3n) is 4.41. The molecule has 0 atom stereocenters. The first kappa shape index (κ1) is 23.8. The van der Waals surface area contributed by atoms with Gasteiger partial charge < -0.3 is 24.8 Å². The number of hydrogen-bond donors (Lipinski definition) is 0. The quantitative estimate of drug-likeness (QED) is 0.349. The van der Waals surface area contributed by atoms with Crippen molar-refractivity contribution < 1.29 is 64.2 Å². The summed E-state index contributed by atoms with van der Waals surface area (Å²) >= 11 is 0. The first-order valence-electron chi connectivity index (χ1n) is 7.70. The normalized spacial score (nSPS) is 10.8. The van der Waals surface area contributed by atoms with Crippen LogP contribution in [0.2, 0.25) is 0 Å². The summed E-state index contributed by atoms with van der Waals surface area (Å²) in [5.74, 6) is 0. The van der Waals surface area contributed by atoms with Crippen LogP contribution in [0.3, 0.4) is 0 Å². The van der Waals surface area contributed by atoms with Crippen molar-refractivity contribution in [2.24, 2.45) is 0 Å². The van der Waals surface area contributed by atoms with Gasteiger partial charge in [-0.3, -0.25) is 0 Å². The fraction of sp³-hybridized carbons (Fsp3) is 0.0952. The van der Waals surface area contributed by atoms with Gasteiger partial charge >= 0.3 is 32.4 Å². The number of alkyl halides is 3. The third kappa shape index (κ3) is 4.29. The second-order valence-corrected chi connectivity index (χ2v) is 6.05. The number of rotatable bonds is 1. The number of aryl methyl sites for hydroxylation is 1. The molecule has 0 aliphatic rings. The van der Waals surface area contributed by atoms with Gasteiger partial charge in [0.15, 0.2) is 0 Å². The van der Waals surface area contributed by atoms with E-state index in [1.807, 2.05) is 25.1 Å². The van der Waals surface area contributed by atoms with E-state index in [-0.39, 0.29) is 56.4 Å². The molecule has 0 unspecified atom stereocenters. The Kier molecular flexibility index (Phi) is 7.81. The van der Waals surface area contributed by atoms with Crippen molar-refractivity contribution in [1.29, 1.82) is 0 Å².